The molecule has 1 aliphatic carbocycles. The van der Waals surface area contributed by atoms with Gasteiger partial charge in [0.05, 0.1) is 19.0 Å². The quantitative estimate of drug-likeness (QED) is 0.921. The van der Waals surface area contributed by atoms with E-state index in [4.69, 9.17) is 4.74 Å². The van der Waals surface area contributed by atoms with Crippen LogP contribution in [-0.4, -0.2) is 50.7 Å². The summed E-state index contributed by atoms with van der Waals surface area (Å²) < 4.78 is 18.6. The Balaban J connectivity index is 1.46. The van der Waals surface area contributed by atoms with Crippen molar-refractivity contribution in [2.45, 2.75) is 19.3 Å². The van der Waals surface area contributed by atoms with Crippen LogP contribution in [0.1, 0.15) is 29.8 Å². The second-order valence-corrected chi connectivity index (χ2v) is 6.58. The van der Waals surface area contributed by atoms with E-state index in [1.165, 1.54) is 0 Å². The Kier molecular flexibility index (Phi) is 3.66. The first-order valence-corrected chi connectivity index (χ1v) is 8.05. The van der Waals surface area contributed by atoms with Crippen LogP contribution in [0.3, 0.4) is 0 Å². The molecule has 1 saturated heterocycles. The first-order chi connectivity index (χ1) is 11.7. The standard InChI is InChI=1S/C16H18FN5O2/c17-12-6-18-15(19-7-12)24-10-16-4-1-2-11(16)8-22(9-16)14(23)13-3-5-20-21-13/h3,5-7,11H,1-2,4,8-10H2,(H,20,21). The highest BCUT2D eigenvalue weighted by molar-refractivity contribution is 5.92. The number of likely N-dealkylation sites (tertiary alicyclic amines) is 1. The lowest BCUT2D eigenvalue weighted by molar-refractivity contribution is 0.0736. The molecule has 1 saturated carbocycles. The fourth-order valence-electron chi connectivity index (χ4n) is 3.93. The van der Waals surface area contributed by atoms with E-state index in [1.807, 2.05) is 4.90 Å². The highest BCUT2D eigenvalue weighted by atomic mass is 19.1. The van der Waals surface area contributed by atoms with Gasteiger partial charge in [-0.15, -0.1) is 0 Å². The SMILES string of the molecule is O=C(c1ccn[nH]1)N1CC2CCCC2(COc2ncc(F)cn2)C1. The van der Waals surface area contributed by atoms with Crippen molar-refractivity contribution in [3.05, 3.63) is 36.2 Å². The number of halogens is 1. The third-order valence-corrected chi connectivity index (χ3v) is 5.14. The number of hydrogen-bond donors (Lipinski definition) is 1. The van der Waals surface area contributed by atoms with Gasteiger partial charge in [-0.2, -0.15) is 5.10 Å². The Morgan fingerprint density at radius 2 is 2.29 bits per heavy atom. The van der Waals surface area contributed by atoms with E-state index in [-0.39, 0.29) is 17.3 Å². The number of aromatic nitrogens is 4. The van der Waals surface area contributed by atoms with Gasteiger partial charge in [-0.05, 0) is 24.8 Å². The number of H-pyrrole nitrogens is 1. The van der Waals surface area contributed by atoms with Gasteiger partial charge in [-0.3, -0.25) is 9.89 Å². The third-order valence-electron chi connectivity index (χ3n) is 5.14. The Labute approximate surface area is 138 Å². The van der Waals surface area contributed by atoms with Crippen molar-refractivity contribution in [2.75, 3.05) is 19.7 Å². The summed E-state index contributed by atoms with van der Waals surface area (Å²) in [4.78, 5) is 22.1. The summed E-state index contributed by atoms with van der Waals surface area (Å²) >= 11 is 0. The van der Waals surface area contributed by atoms with Gasteiger partial charge in [-0.25, -0.2) is 14.4 Å². The molecule has 24 heavy (non-hydrogen) atoms. The van der Waals surface area contributed by atoms with E-state index < -0.39 is 5.82 Å². The van der Waals surface area contributed by atoms with Crippen molar-refractivity contribution >= 4 is 5.91 Å². The predicted octanol–water partition coefficient (Wildman–Crippen LogP) is 1.66. The molecule has 126 valence electrons. The van der Waals surface area contributed by atoms with E-state index in [1.54, 1.807) is 12.3 Å². The minimum atomic E-state index is -0.489. The molecule has 2 unspecified atom stereocenters. The Morgan fingerprint density at radius 1 is 1.46 bits per heavy atom. The molecular weight excluding hydrogens is 313 g/mol. The summed E-state index contributed by atoms with van der Waals surface area (Å²) in [5.74, 6) is -0.111. The van der Waals surface area contributed by atoms with Gasteiger partial charge in [0.1, 0.15) is 5.69 Å². The van der Waals surface area contributed by atoms with Gasteiger partial charge >= 0.3 is 6.01 Å². The molecule has 0 radical (unpaired) electrons. The molecule has 0 spiro atoms. The molecule has 1 N–H and O–H groups in total. The normalized spacial score (nSPS) is 25.7. The van der Waals surface area contributed by atoms with Crippen LogP contribution >= 0.6 is 0 Å². The highest BCUT2D eigenvalue weighted by Crippen LogP contribution is 2.49. The molecule has 1 amide bonds. The molecule has 2 aliphatic rings. The third kappa shape index (κ3) is 2.61. The Bertz CT molecular complexity index is 721. The van der Waals surface area contributed by atoms with E-state index in [0.29, 0.717) is 24.8 Å². The zero-order valence-electron chi connectivity index (χ0n) is 13.1. The van der Waals surface area contributed by atoms with Crippen molar-refractivity contribution in [2.24, 2.45) is 11.3 Å². The van der Waals surface area contributed by atoms with Crippen molar-refractivity contribution in [1.82, 2.24) is 25.1 Å². The number of carbonyl (C=O) groups is 1. The average Bonchev–Trinajstić information content (AvgIpc) is 3.29. The summed E-state index contributed by atoms with van der Waals surface area (Å²) in [6.07, 6.45) is 6.98. The van der Waals surface area contributed by atoms with Crippen molar-refractivity contribution in [3.8, 4) is 6.01 Å². The molecule has 3 heterocycles. The lowest BCUT2D eigenvalue weighted by Crippen LogP contribution is -2.36. The molecular formula is C16H18FN5O2. The van der Waals surface area contributed by atoms with E-state index in [2.05, 4.69) is 20.2 Å². The zero-order chi connectivity index (χ0) is 16.6. The van der Waals surface area contributed by atoms with Crippen LogP contribution in [0.2, 0.25) is 0 Å². The minimum absolute atomic E-state index is 0.0284. The number of nitrogens with one attached hydrogen (secondary N) is 1. The van der Waals surface area contributed by atoms with Gasteiger partial charge in [0.15, 0.2) is 5.82 Å². The maximum absolute atomic E-state index is 12.9. The molecule has 8 heteroatoms. The first-order valence-electron chi connectivity index (χ1n) is 8.05. The summed E-state index contributed by atoms with van der Waals surface area (Å²) in [7, 11) is 0. The fraction of sp³-hybridized carbons (Fsp3) is 0.500. The second-order valence-electron chi connectivity index (χ2n) is 6.58. The smallest absolute Gasteiger partial charge is 0.316 e. The second kappa shape index (κ2) is 5.85. The number of aromatic amines is 1. The number of carbonyl (C=O) groups excluding carboxylic acids is 1. The molecule has 2 aromatic rings. The van der Waals surface area contributed by atoms with Gasteiger partial charge in [0, 0.05) is 24.7 Å². The maximum atomic E-state index is 12.9. The van der Waals surface area contributed by atoms with Crippen molar-refractivity contribution in [3.63, 3.8) is 0 Å². The van der Waals surface area contributed by atoms with Crippen LogP contribution in [0, 0.1) is 17.2 Å². The molecule has 2 fully saturated rings. The number of nitrogens with zero attached hydrogens (tertiary/aromatic N) is 4. The number of ether oxygens (including phenoxy) is 1. The topological polar surface area (TPSA) is 84.0 Å². The molecule has 1 aliphatic heterocycles. The molecule has 2 aromatic heterocycles. The van der Waals surface area contributed by atoms with Crippen molar-refractivity contribution < 1.29 is 13.9 Å². The summed E-state index contributed by atoms with van der Waals surface area (Å²) in [6, 6.07) is 1.86. The molecule has 0 bridgehead atoms. The number of rotatable bonds is 4. The van der Waals surface area contributed by atoms with Gasteiger partial charge in [0.25, 0.3) is 5.91 Å². The van der Waals surface area contributed by atoms with Crippen LogP contribution < -0.4 is 4.74 Å². The summed E-state index contributed by atoms with van der Waals surface area (Å²) in [5, 5.41) is 6.57. The van der Waals surface area contributed by atoms with Gasteiger partial charge in [0.2, 0.25) is 0 Å². The lowest BCUT2D eigenvalue weighted by Gasteiger charge is -2.28. The van der Waals surface area contributed by atoms with Crippen LogP contribution in [0.4, 0.5) is 4.39 Å². The number of fused-ring (bicyclic) bond motifs is 1. The van der Waals surface area contributed by atoms with Gasteiger partial charge < -0.3 is 9.64 Å². The van der Waals surface area contributed by atoms with E-state index in [0.717, 1.165) is 38.2 Å². The highest BCUT2D eigenvalue weighted by Gasteiger charge is 2.51. The van der Waals surface area contributed by atoms with E-state index >= 15 is 0 Å². The van der Waals surface area contributed by atoms with Crippen molar-refractivity contribution in [1.29, 1.82) is 0 Å². The average molecular weight is 331 g/mol. The molecule has 2 atom stereocenters. The maximum Gasteiger partial charge on any atom is 0.316 e. The van der Waals surface area contributed by atoms with Crippen LogP contribution in [0.25, 0.3) is 0 Å². The monoisotopic (exact) mass is 331 g/mol. The number of hydrogen-bond acceptors (Lipinski definition) is 5. The Hall–Kier alpha value is -2.51. The predicted molar refractivity (Wildman–Crippen MR) is 81.8 cm³/mol. The summed E-state index contributed by atoms with van der Waals surface area (Å²) in [6.45, 7) is 1.82. The lowest BCUT2D eigenvalue weighted by atomic mass is 9.82. The molecule has 0 aromatic carbocycles. The van der Waals surface area contributed by atoms with Crippen LogP contribution in [-0.2, 0) is 0 Å². The van der Waals surface area contributed by atoms with Gasteiger partial charge in [-0.1, -0.05) is 6.42 Å². The zero-order valence-corrected chi connectivity index (χ0v) is 13.1. The summed E-state index contributed by atoms with van der Waals surface area (Å²) in [5.41, 5.74) is 0.431. The van der Waals surface area contributed by atoms with Crippen LogP contribution in [0.15, 0.2) is 24.7 Å². The van der Waals surface area contributed by atoms with Crippen LogP contribution in [0.5, 0.6) is 6.01 Å². The molecule has 7 nitrogen and oxygen atoms in total. The fourth-order valence-corrected chi connectivity index (χ4v) is 3.93. The largest absolute Gasteiger partial charge is 0.463 e. The van der Waals surface area contributed by atoms with E-state index in [9.17, 15) is 9.18 Å². The number of amides is 1. The molecule has 4 rings (SSSR count). The Morgan fingerprint density at radius 3 is 3.04 bits per heavy atom. The minimum Gasteiger partial charge on any atom is -0.463 e. The first kappa shape index (κ1) is 15.0.